The van der Waals surface area contributed by atoms with Crippen LogP contribution in [0.2, 0.25) is 0 Å². The van der Waals surface area contributed by atoms with Gasteiger partial charge in [-0.15, -0.1) is 0 Å². The van der Waals surface area contributed by atoms with Gasteiger partial charge in [-0.05, 0) is 67.6 Å². The van der Waals surface area contributed by atoms with Gasteiger partial charge in [0.1, 0.15) is 29.7 Å². The van der Waals surface area contributed by atoms with Gasteiger partial charge in [0.25, 0.3) is 10.0 Å². The van der Waals surface area contributed by atoms with Gasteiger partial charge in [-0.25, -0.2) is 17.2 Å². The molecule has 4 aromatic carbocycles. The zero-order valence-corrected chi connectivity index (χ0v) is 20.0. The number of benzene rings is 4. The van der Waals surface area contributed by atoms with Crippen molar-refractivity contribution in [2.75, 3.05) is 16.2 Å². The minimum atomic E-state index is -4.17. The van der Waals surface area contributed by atoms with Crippen LogP contribution in [0.3, 0.4) is 0 Å². The molecule has 36 heavy (non-hydrogen) atoms. The highest BCUT2D eigenvalue weighted by Crippen LogP contribution is 2.28. The molecule has 0 radical (unpaired) electrons. The normalized spacial score (nSPS) is 11.1. The molecule has 184 valence electrons. The second-order valence-electron chi connectivity index (χ2n) is 7.91. The molecule has 4 rings (SSSR count). The first-order chi connectivity index (χ1) is 17.2. The molecule has 0 aliphatic heterocycles. The molecule has 1 amide bonds. The van der Waals surface area contributed by atoms with Crippen LogP contribution in [-0.4, -0.2) is 20.9 Å². The molecule has 6 nitrogen and oxygen atoms in total. The average molecular weight is 509 g/mol. The molecular weight excluding hydrogens is 486 g/mol. The van der Waals surface area contributed by atoms with Crippen molar-refractivity contribution in [1.29, 1.82) is 0 Å². The Hall–Kier alpha value is -4.24. The average Bonchev–Trinajstić information content (AvgIpc) is 2.86. The molecule has 0 saturated heterocycles. The number of amides is 1. The smallest absolute Gasteiger partial charge is 0.264 e. The van der Waals surface area contributed by atoms with Crippen molar-refractivity contribution in [3.8, 4) is 11.5 Å². The van der Waals surface area contributed by atoms with Gasteiger partial charge in [0, 0.05) is 6.07 Å². The van der Waals surface area contributed by atoms with Crippen LogP contribution in [0.1, 0.15) is 5.56 Å². The van der Waals surface area contributed by atoms with E-state index >= 15 is 0 Å². The number of sulfonamides is 1. The zero-order chi connectivity index (χ0) is 25.7. The lowest BCUT2D eigenvalue weighted by atomic mass is 10.2. The van der Waals surface area contributed by atoms with Crippen molar-refractivity contribution < 1.29 is 26.7 Å². The van der Waals surface area contributed by atoms with Crippen LogP contribution < -0.4 is 14.4 Å². The van der Waals surface area contributed by atoms with E-state index in [1.165, 1.54) is 24.3 Å². The Morgan fingerprint density at radius 1 is 0.861 bits per heavy atom. The van der Waals surface area contributed by atoms with Crippen LogP contribution in [0.15, 0.2) is 102 Å². The summed E-state index contributed by atoms with van der Waals surface area (Å²) in [6.45, 7) is 1.18. The van der Waals surface area contributed by atoms with Crippen molar-refractivity contribution in [2.24, 2.45) is 0 Å². The van der Waals surface area contributed by atoms with E-state index in [0.29, 0.717) is 17.6 Å². The molecule has 0 atom stereocenters. The quantitative estimate of drug-likeness (QED) is 0.322. The maximum atomic E-state index is 14.0. The van der Waals surface area contributed by atoms with Gasteiger partial charge in [0.05, 0.1) is 16.3 Å². The van der Waals surface area contributed by atoms with Gasteiger partial charge >= 0.3 is 0 Å². The summed E-state index contributed by atoms with van der Waals surface area (Å²) in [5.74, 6) is -1.50. The molecule has 0 aliphatic carbocycles. The number of aryl methyl sites for hydroxylation is 1. The maximum absolute atomic E-state index is 14.0. The molecule has 0 spiro atoms. The number of anilines is 2. The Balaban J connectivity index is 1.63. The molecular formula is C27H22F2N2O4S. The third kappa shape index (κ3) is 5.87. The Bertz CT molecular complexity index is 1460. The van der Waals surface area contributed by atoms with E-state index in [0.717, 1.165) is 22.0 Å². The number of carbonyl (C=O) groups excluding carboxylic acids is 1. The highest BCUT2D eigenvalue weighted by atomic mass is 32.2. The number of rotatable bonds is 8. The largest absolute Gasteiger partial charge is 0.457 e. The van der Waals surface area contributed by atoms with Crippen molar-refractivity contribution in [1.82, 2.24) is 0 Å². The lowest BCUT2D eigenvalue weighted by Gasteiger charge is -2.24. The first kappa shape index (κ1) is 24.9. The van der Waals surface area contributed by atoms with Gasteiger partial charge in [0.2, 0.25) is 5.91 Å². The number of hydrogen-bond acceptors (Lipinski definition) is 4. The van der Waals surface area contributed by atoms with Crippen LogP contribution >= 0.6 is 0 Å². The van der Waals surface area contributed by atoms with Crippen molar-refractivity contribution >= 4 is 27.3 Å². The lowest BCUT2D eigenvalue weighted by Crippen LogP contribution is -2.38. The van der Waals surface area contributed by atoms with Gasteiger partial charge in [-0.2, -0.15) is 0 Å². The van der Waals surface area contributed by atoms with E-state index < -0.39 is 34.1 Å². The molecule has 1 N–H and O–H groups in total. The highest BCUT2D eigenvalue weighted by Gasteiger charge is 2.27. The highest BCUT2D eigenvalue weighted by molar-refractivity contribution is 7.92. The molecule has 9 heteroatoms. The number of nitrogens with zero attached hydrogens (tertiary/aromatic N) is 1. The van der Waals surface area contributed by atoms with Crippen LogP contribution in [0.25, 0.3) is 0 Å². The van der Waals surface area contributed by atoms with Crippen molar-refractivity contribution in [3.63, 3.8) is 0 Å². The summed E-state index contributed by atoms with van der Waals surface area (Å²) in [7, 11) is -4.17. The minimum absolute atomic E-state index is 0.0153. The Labute approximate surface area is 207 Å². The summed E-state index contributed by atoms with van der Waals surface area (Å²) in [5.41, 5.74) is 0.804. The van der Waals surface area contributed by atoms with Crippen LogP contribution in [0, 0.1) is 18.6 Å². The van der Waals surface area contributed by atoms with Crippen molar-refractivity contribution in [2.45, 2.75) is 11.8 Å². The SMILES string of the molecule is Cc1ccc(S(=O)(=O)N(CC(=O)Nc2ccc(F)cc2F)c2ccc(Oc3ccccc3)cc2)cc1. The predicted molar refractivity (Wildman–Crippen MR) is 134 cm³/mol. The fourth-order valence-corrected chi connectivity index (χ4v) is 4.79. The molecule has 0 unspecified atom stereocenters. The summed E-state index contributed by atoms with van der Waals surface area (Å²) in [5, 5.41) is 2.30. The van der Waals surface area contributed by atoms with Crippen LogP contribution in [0.4, 0.5) is 20.2 Å². The summed E-state index contributed by atoms with van der Waals surface area (Å²) in [4.78, 5) is 12.8. The second kappa shape index (κ2) is 10.6. The fraction of sp³-hybridized carbons (Fsp3) is 0.0741. The number of ether oxygens (including phenoxy) is 1. The summed E-state index contributed by atoms with van der Waals surface area (Å²) in [6.07, 6.45) is 0. The third-order valence-electron chi connectivity index (χ3n) is 5.21. The molecule has 4 aromatic rings. The third-order valence-corrected chi connectivity index (χ3v) is 6.99. The molecule has 0 aromatic heterocycles. The van der Waals surface area contributed by atoms with Gasteiger partial charge in [-0.1, -0.05) is 35.9 Å². The van der Waals surface area contributed by atoms with E-state index in [4.69, 9.17) is 4.74 Å². The number of carbonyl (C=O) groups is 1. The van der Waals surface area contributed by atoms with Crippen LogP contribution in [0.5, 0.6) is 11.5 Å². The topological polar surface area (TPSA) is 75.7 Å². The Kier molecular flexibility index (Phi) is 7.30. The summed E-state index contributed by atoms with van der Waals surface area (Å²) in [6, 6.07) is 24.1. The lowest BCUT2D eigenvalue weighted by molar-refractivity contribution is -0.114. The first-order valence-corrected chi connectivity index (χ1v) is 12.3. The van der Waals surface area contributed by atoms with E-state index in [9.17, 15) is 22.0 Å². The van der Waals surface area contributed by atoms with E-state index in [1.807, 2.05) is 25.1 Å². The van der Waals surface area contributed by atoms with Gasteiger partial charge in [0.15, 0.2) is 0 Å². The van der Waals surface area contributed by atoms with E-state index in [1.54, 1.807) is 36.4 Å². The second-order valence-corrected chi connectivity index (χ2v) is 9.77. The van der Waals surface area contributed by atoms with Crippen molar-refractivity contribution in [3.05, 3.63) is 114 Å². The standard InChI is InChI=1S/C27H22F2N2O4S/c1-19-7-14-24(15-8-19)36(33,34)31(18-27(32)30-26-16-9-20(28)17-25(26)29)21-10-12-23(13-11-21)35-22-5-3-2-4-6-22/h2-17H,18H2,1H3,(H,30,32). The summed E-state index contributed by atoms with van der Waals surface area (Å²) < 4.78 is 60.9. The monoisotopic (exact) mass is 508 g/mol. The maximum Gasteiger partial charge on any atom is 0.264 e. The molecule has 0 heterocycles. The Morgan fingerprint density at radius 2 is 1.50 bits per heavy atom. The van der Waals surface area contributed by atoms with Gasteiger partial charge in [-0.3, -0.25) is 9.10 Å². The molecule has 0 aliphatic rings. The minimum Gasteiger partial charge on any atom is -0.457 e. The summed E-state index contributed by atoms with van der Waals surface area (Å²) >= 11 is 0. The molecule has 0 bridgehead atoms. The number of hydrogen-bond donors (Lipinski definition) is 1. The number of nitrogens with one attached hydrogen (secondary N) is 1. The van der Waals surface area contributed by atoms with E-state index in [-0.39, 0.29) is 16.3 Å². The molecule has 0 fully saturated rings. The van der Waals surface area contributed by atoms with E-state index in [2.05, 4.69) is 5.32 Å². The van der Waals surface area contributed by atoms with Gasteiger partial charge < -0.3 is 10.1 Å². The number of para-hydroxylation sites is 1. The zero-order valence-electron chi connectivity index (χ0n) is 19.2. The fourth-order valence-electron chi connectivity index (χ4n) is 3.37. The number of halogens is 2. The van der Waals surface area contributed by atoms with Crippen LogP contribution in [-0.2, 0) is 14.8 Å². The Morgan fingerprint density at radius 3 is 2.14 bits per heavy atom. The predicted octanol–water partition coefficient (Wildman–Crippen LogP) is 5.90. The molecule has 0 saturated carbocycles. The first-order valence-electron chi connectivity index (χ1n) is 10.9.